The van der Waals surface area contributed by atoms with Crippen LogP contribution in [0.2, 0.25) is 0 Å². The van der Waals surface area contributed by atoms with Crippen molar-refractivity contribution in [3.8, 4) is 0 Å². The molecule has 7 heteroatoms. The third-order valence-corrected chi connectivity index (χ3v) is 6.75. The molecule has 2 heterocycles. The van der Waals surface area contributed by atoms with Gasteiger partial charge in [-0.1, -0.05) is 12.5 Å². The molecule has 0 radical (unpaired) electrons. The minimum Gasteiger partial charge on any atom is -0.352 e. The van der Waals surface area contributed by atoms with Gasteiger partial charge in [0.05, 0.1) is 11.4 Å². The zero-order chi connectivity index (χ0) is 17.7. The van der Waals surface area contributed by atoms with Crippen molar-refractivity contribution in [1.29, 1.82) is 0 Å². The highest BCUT2D eigenvalue weighted by Gasteiger charge is 2.28. The number of anilines is 1. The lowest BCUT2D eigenvalue weighted by atomic mass is 10.1. The van der Waals surface area contributed by atoms with Crippen LogP contribution in [0.5, 0.6) is 0 Å². The Labute approximate surface area is 150 Å². The summed E-state index contributed by atoms with van der Waals surface area (Å²) in [6.45, 7) is 4.48. The van der Waals surface area contributed by atoms with E-state index in [1.807, 2.05) is 0 Å². The molecular formula is C18H27N3O3S. The van der Waals surface area contributed by atoms with Crippen LogP contribution < -0.4 is 9.62 Å². The van der Waals surface area contributed by atoms with E-state index in [2.05, 4.69) is 10.2 Å². The molecule has 0 saturated carbocycles. The van der Waals surface area contributed by atoms with Crippen LogP contribution in [-0.4, -0.2) is 57.7 Å². The monoisotopic (exact) mass is 365 g/mol. The van der Waals surface area contributed by atoms with Crippen molar-refractivity contribution >= 4 is 21.6 Å². The van der Waals surface area contributed by atoms with E-state index in [4.69, 9.17) is 0 Å². The number of nitrogens with zero attached hydrogens (tertiary/aromatic N) is 2. The lowest BCUT2D eigenvalue weighted by molar-refractivity contribution is 0.0951. The van der Waals surface area contributed by atoms with Gasteiger partial charge in [0, 0.05) is 18.7 Å². The Morgan fingerprint density at radius 3 is 2.60 bits per heavy atom. The maximum atomic E-state index is 12.3. The normalized spacial score (nSPS) is 20.6. The molecule has 1 N–H and O–H groups in total. The summed E-state index contributed by atoms with van der Waals surface area (Å²) in [5, 5.41) is 2.94. The molecular weight excluding hydrogens is 338 g/mol. The number of nitrogens with one attached hydrogen (secondary N) is 1. The van der Waals surface area contributed by atoms with Crippen LogP contribution in [0.1, 0.15) is 42.5 Å². The zero-order valence-corrected chi connectivity index (χ0v) is 15.4. The van der Waals surface area contributed by atoms with Crippen molar-refractivity contribution < 1.29 is 13.2 Å². The molecule has 0 spiro atoms. The number of carbonyl (C=O) groups is 1. The summed E-state index contributed by atoms with van der Waals surface area (Å²) in [5.41, 5.74) is 1.09. The quantitative estimate of drug-likeness (QED) is 0.781. The molecule has 2 fully saturated rings. The molecule has 1 aromatic rings. The molecule has 2 saturated heterocycles. The molecule has 3 rings (SSSR count). The number of sulfonamides is 1. The molecule has 0 aromatic heterocycles. The lowest BCUT2D eigenvalue weighted by Gasteiger charge is -2.26. The third kappa shape index (κ3) is 4.73. The maximum Gasteiger partial charge on any atom is 0.251 e. The molecule has 0 unspecified atom stereocenters. The molecule has 2 aliphatic heterocycles. The topological polar surface area (TPSA) is 69.7 Å². The van der Waals surface area contributed by atoms with Crippen LogP contribution in [0.25, 0.3) is 0 Å². The maximum absolute atomic E-state index is 12.3. The summed E-state index contributed by atoms with van der Waals surface area (Å²) >= 11 is 0. The number of hydrogen-bond donors (Lipinski definition) is 1. The Bertz CT molecular complexity index is 699. The Morgan fingerprint density at radius 1 is 1.08 bits per heavy atom. The summed E-state index contributed by atoms with van der Waals surface area (Å²) in [6, 6.07) is 6.89. The van der Waals surface area contributed by atoms with Crippen LogP contribution >= 0.6 is 0 Å². The summed E-state index contributed by atoms with van der Waals surface area (Å²) in [7, 11) is -3.22. The molecule has 25 heavy (non-hydrogen) atoms. The first kappa shape index (κ1) is 18.2. The van der Waals surface area contributed by atoms with E-state index in [9.17, 15) is 13.2 Å². The van der Waals surface area contributed by atoms with Crippen molar-refractivity contribution in [2.45, 2.75) is 32.1 Å². The molecule has 0 atom stereocenters. The highest BCUT2D eigenvalue weighted by atomic mass is 32.2. The predicted molar refractivity (Wildman–Crippen MR) is 99.4 cm³/mol. The molecule has 138 valence electrons. The second-order valence-corrected chi connectivity index (χ2v) is 8.82. The fourth-order valence-corrected chi connectivity index (χ4v) is 5.08. The van der Waals surface area contributed by atoms with Crippen molar-refractivity contribution in [2.24, 2.45) is 0 Å². The number of amides is 1. The number of hydrogen-bond acceptors (Lipinski definition) is 4. The zero-order valence-electron chi connectivity index (χ0n) is 14.6. The van der Waals surface area contributed by atoms with Crippen LogP contribution in [0, 0.1) is 0 Å². The van der Waals surface area contributed by atoms with Gasteiger partial charge in [0.25, 0.3) is 5.91 Å². The number of carbonyl (C=O) groups excluding carboxylic acids is 1. The Kier molecular flexibility index (Phi) is 5.96. The van der Waals surface area contributed by atoms with Gasteiger partial charge in [0.15, 0.2) is 0 Å². The standard InChI is InChI=1S/C18H27N3O3S/c22-18(19-9-5-12-20-10-2-1-3-11-20)16-7-4-8-17(15-16)21-13-6-14-25(21,23)24/h4,7-8,15H,1-3,5-6,9-14H2,(H,19,22). The number of benzene rings is 1. The molecule has 2 aliphatic rings. The summed E-state index contributed by atoms with van der Waals surface area (Å²) < 4.78 is 25.5. The van der Waals surface area contributed by atoms with Gasteiger partial charge >= 0.3 is 0 Å². The Hall–Kier alpha value is -1.60. The summed E-state index contributed by atoms with van der Waals surface area (Å²) in [4.78, 5) is 14.8. The van der Waals surface area contributed by atoms with Crippen LogP contribution in [-0.2, 0) is 10.0 Å². The number of rotatable bonds is 6. The van der Waals surface area contributed by atoms with E-state index in [-0.39, 0.29) is 11.7 Å². The van der Waals surface area contributed by atoms with Gasteiger partial charge in [-0.3, -0.25) is 9.10 Å². The lowest BCUT2D eigenvalue weighted by Crippen LogP contribution is -2.33. The fraction of sp³-hybridized carbons (Fsp3) is 0.611. The predicted octanol–water partition coefficient (Wildman–Crippen LogP) is 1.83. The van der Waals surface area contributed by atoms with Crippen LogP contribution in [0.4, 0.5) is 5.69 Å². The molecule has 1 amide bonds. The molecule has 0 aliphatic carbocycles. The van der Waals surface area contributed by atoms with Crippen molar-refractivity contribution in [1.82, 2.24) is 10.2 Å². The van der Waals surface area contributed by atoms with E-state index < -0.39 is 10.0 Å². The largest absolute Gasteiger partial charge is 0.352 e. The summed E-state index contributed by atoms with van der Waals surface area (Å²) in [6.07, 6.45) is 5.45. The van der Waals surface area contributed by atoms with E-state index in [1.54, 1.807) is 24.3 Å². The summed E-state index contributed by atoms with van der Waals surface area (Å²) in [5.74, 6) is 0.0389. The first-order chi connectivity index (χ1) is 12.1. The first-order valence-corrected chi connectivity index (χ1v) is 10.8. The van der Waals surface area contributed by atoms with Gasteiger partial charge in [-0.25, -0.2) is 8.42 Å². The highest BCUT2D eigenvalue weighted by Crippen LogP contribution is 2.24. The van der Waals surface area contributed by atoms with Gasteiger partial charge < -0.3 is 10.2 Å². The minimum absolute atomic E-state index is 0.142. The SMILES string of the molecule is O=C(NCCCN1CCCCC1)c1cccc(N2CCCS2(=O)=O)c1. The third-order valence-electron chi connectivity index (χ3n) is 4.88. The number of likely N-dealkylation sites (tertiary alicyclic amines) is 1. The van der Waals surface area contributed by atoms with Gasteiger partial charge in [-0.05, 0) is 63.5 Å². The fourth-order valence-electron chi connectivity index (χ4n) is 3.52. The van der Waals surface area contributed by atoms with E-state index in [0.29, 0.717) is 30.8 Å². The van der Waals surface area contributed by atoms with Gasteiger partial charge in [-0.2, -0.15) is 0 Å². The molecule has 1 aromatic carbocycles. The van der Waals surface area contributed by atoms with Crippen molar-refractivity contribution in [3.63, 3.8) is 0 Å². The van der Waals surface area contributed by atoms with Crippen LogP contribution in [0.3, 0.4) is 0 Å². The van der Waals surface area contributed by atoms with Crippen LogP contribution in [0.15, 0.2) is 24.3 Å². The average molecular weight is 365 g/mol. The Morgan fingerprint density at radius 2 is 1.88 bits per heavy atom. The molecule has 6 nitrogen and oxygen atoms in total. The van der Waals surface area contributed by atoms with E-state index in [0.717, 1.165) is 13.0 Å². The number of piperidine rings is 1. The second kappa shape index (κ2) is 8.19. The van der Waals surface area contributed by atoms with Gasteiger partial charge in [0.2, 0.25) is 10.0 Å². The highest BCUT2D eigenvalue weighted by molar-refractivity contribution is 7.93. The second-order valence-electron chi connectivity index (χ2n) is 6.80. The molecule has 0 bridgehead atoms. The first-order valence-electron chi connectivity index (χ1n) is 9.17. The van der Waals surface area contributed by atoms with E-state index in [1.165, 1.54) is 36.7 Å². The minimum atomic E-state index is -3.22. The smallest absolute Gasteiger partial charge is 0.251 e. The Balaban J connectivity index is 1.51. The van der Waals surface area contributed by atoms with E-state index >= 15 is 0 Å². The van der Waals surface area contributed by atoms with Crippen molar-refractivity contribution in [2.75, 3.05) is 42.8 Å². The van der Waals surface area contributed by atoms with Crippen molar-refractivity contribution in [3.05, 3.63) is 29.8 Å². The average Bonchev–Trinajstić information content (AvgIpc) is 2.99. The van der Waals surface area contributed by atoms with Gasteiger partial charge in [-0.15, -0.1) is 0 Å². The van der Waals surface area contributed by atoms with Gasteiger partial charge in [0.1, 0.15) is 0 Å².